The molecular weight excluding hydrogens is 319 g/mol. The van der Waals surface area contributed by atoms with Crippen LogP contribution in [0.3, 0.4) is 0 Å². The molecule has 1 aromatic rings. The molecule has 9 heteroatoms. The summed E-state index contributed by atoms with van der Waals surface area (Å²) < 4.78 is 18.9. The minimum atomic E-state index is -1.77. The van der Waals surface area contributed by atoms with E-state index in [4.69, 9.17) is 16.2 Å². The van der Waals surface area contributed by atoms with Crippen LogP contribution in [0.1, 0.15) is 25.8 Å². The van der Waals surface area contributed by atoms with Gasteiger partial charge in [-0.1, -0.05) is 25.7 Å². The molecule has 0 aromatic carbocycles. The van der Waals surface area contributed by atoms with E-state index in [1.165, 1.54) is 6.07 Å². The van der Waals surface area contributed by atoms with Crippen molar-refractivity contribution in [1.29, 1.82) is 0 Å². The number of ether oxygens (including phenoxy) is 1. The quantitative estimate of drug-likeness (QED) is 0.510. The summed E-state index contributed by atoms with van der Waals surface area (Å²) in [6, 6.07) is 1.42. The molecule has 1 aliphatic heterocycles. The summed E-state index contributed by atoms with van der Waals surface area (Å²) in [5.41, 5.74) is 9.42. The third-order valence-corrected chi connectivity index (χ3v) is 3.51. The lowest BCUT2D eigenvalue weighted by atomic mass is 9.91. The maximum atomic E-state index is 12.4. The second-order valence-electron chi connectivity index (χ2n) is 5.00. The average Bonchev–Trinajstić information content (AvgIpc) is 2.79. The van der Waals surface area contributed by atoms with E-state index in [0.29, 0.717) is 5.69 Å². The van der Waals surface area contributed by atoms with Crippen LogP contribution in [0.15, 0.2) is 10.9 Å². The topological polar surface area (TPSA) is 137 Å². The van der Waals surface area contributed by atoms with Gasteiger partial charge in [-0.05, 0) is 13.0 Å². The van der Waals surface area contributed by atoms with E-state index in [9.17, 15) is 19.4 Å². The number of halogens is 1. The molecule has 134 valence electrons. The number of nitrogen functional groups attached to an aromatic ring is 1. The minimum Gasteiger partial charge on any atom is -0.394 e. The number of aliphatic hydroxyl groups excluding tert-OH is 2. The van der Waals surface area contributed by atoms with E-state index in [1.54, 1.807) is 6.92 Å². The molecule has 1 saturated heterocycles. The van der Waals surface area contributed by atoms with Crippen LogP contribution in [-0.2, 0) is 4.74 Å². The van der Waals surface area contributed by atoms with E-state index >= 15 is 0 Å². The Morgan fingerprint density at radius 3 is 2.67 bits per heavy atom. The molecule has 4 atom stereocenters. The lowest BCUT2D eigenvalue weighted by molar-refractivity contribution is -0.0483. The van der Waals surface area contributed by atoms with Crippen molar-refractivity contribution in [2.45, 2.75) is 44.7 Å². The van der Waals surface area contributed by atoms with Gasteiger partial charge in [-0.25, -0.2) is 9.18 Å². The second-order valence-corrected chi connectivity index (χ2v) is 5.00. The number of alkyl halides is 1. The third kappa shape index (κ3) is 3.57. The number of hydrogen-bond donors (Lipinski definition) is 4. The Hall–Kier alpha value is -1.99. The van der Waals surface area contributed by atoms with Crippen LogP contribution in [0.25, 0.3) is 0 Å². The van der Waals surface area contributed by atoms with Crippen LogP contribution >= 0.6 is 0 Å². The van der Waals surface area contributed by atoms with E-state index < -0.39 is 42.9 Å². The van der Waals surface area contributed by atoms with Gasteiger partial charge < -0.3 is 26.4 Å². The van der Waals surface area contributed by atoms with Gasteiger partial charge in [-0.3, -0.25) is 4.57 Å². The molecule has 24 heavy (non-hydrogen) atoms. The van der Waals surface area contributed by atoms with Crippen molar-refractivity contribution in [1.82, 2.24) is 9.55 Å². The first-order valence-corrected chi connectivity index (χ1v) is 7.50. The lowest BCUT2D eigenvalue weighted by Crippen LogP contribution is -2.55. The number of aryl methyl sites for hydroxylation is 1. The van der Waals surface area contributed by atoms with Gasteiger partial charge in [0.1, 0.15) is 24.7 Å². The van der Waals surface area contributed by atoms with Crippen molar-refractivity contribution in [3.63, 3.8) is 0 Å². The molecular formula is C15H23FN4O4. The predicted molar refractivity (Wildman–Crippen MR) is 86.7 cm³/mol. The highest BCUT2D eigenvalue weighted by atomic mass is 19.1. The maximum absolute atomic E-state index is 12.4. The van der Waals surface area contributed by atoms with Gasteiger partial charge in [0.05, 0.1) is 6.61 Å². The Balaban J connectivity index is 0.00000139. The number of rotatable bonds is 2. The van der Waals surface area contributed by atoms with E-state index in [-0.39, 0.29) is 5.82 Å². The first-order valence-electron chi connectivity index (χ1n) is 7.50. The van der Waals surface area contributed by atoms with Gasteiger partial charge in [0.15, 0.2) is 11.8 Å². The predicted octanol–water partition coefficient (Wildman–Crippen LogP) is -0.919. The van der Waals surface area contributed by atoms with Crippen molar-refractivity contribution in [2.24, 2.45) is 5.73 Å². The Kier molecular flexibility index (Phi) is 6.86. The molecule has 0 saturated carbocycles. The van der Waals surface area contributed by atoms with Crippen LogP contribution in [0.5, 0.6) is 0 Å². The molecule has 1 aromatic heterocycles. The fourth-order valence-corrected chi connectivity index (χ4v) is 2.46. The summed E-state index contributed by atoms with van der Waals surface area (Å²) in [4.78, 5) is 15.7. The number of aliphatic hydroxyl groups is 2. The van der Waals surface area contributed by atoms with Crippen LogP contribution in [0, 0.1) is 18.8 Å². The Labute approximate surface area is 139 Å². The molecule has 0 radical (unpaired) electrons. The number of anilines is 1. The molecule has 0 amide bonds. The zero-order valence-electron chi connectivity index (χ0n) is 13.9. The SMILES string of the molecule is CC.Cc1cc(N)nc(=O)n1C1OC(CO)C(O)C1(N)C#CCF. The second kappa shape index (κ2) is 8.21. The molecule has 4 unspecified atom stereocenters. The summed E-state index contributed by atoms with van der Waals surface area (Å²) in [7, 11) is 0. The molecule has 0 bridgehead atoms. The zero-order chi connectivity index (χ0) is 18.5. The van der Waals surface area contributed by atoms with Gasteiger partial charge in [-0.15, -0.1) is 0 Å². The Morgan fingerprint density at radius 1 is 1.54 bits per heavy atom. The highest BCUT2D eigenvalue weighted by Crippen LogP contribution is 2.36. The van der Waals surface area contributed by atoms with Crippen LogP contribution in [0.4, 0.5) is 10.2 Å². The van der Waals surface area contributed by atoms with Gasteiger partial charge in [0, 0.05) is 5.69 Å². The van der Waals surface area contributed by atoms with Crippen molar-refractivity contribution in [2.75, 3.05) is 19.0 Å². The Bertz CT molecular complexity index is 684. The fourth-order valence-electron chi connectivity index (χ4n) is 2.46. The summed E-state index contributed by atoms with van der Waals surface area (Å²) in [5, 5.41) is 19.5. The first kappa shape index (κ1) is 20.1. The highest BCUT2D eigenvalue weighted by molar-refractivity contribution is 5.31. The molecule has 6 N–H and O–H groups in total. The normalized spacial score (nSPS) is 28.5. The standard InChI is InChI=1S/C13H17FN4O4.C2H6/c1-7-5-9(15)17-12(21)18(7)11-13(16,3-2-4-14)10(20)8(6-19)22-11;1-2/h5,8,10-11,19-20H,4,6,16H2,1H3,(H2,15,17,21);1-2H3. The molecule has 8 nitrogen and oxygen atoms in total. The van der Waals surface area contributed by atoms with Crippen molar-refractivity contribution in [3.8, 4) is 11.8 Å². The summed E-state index contributed by atoms with van der Waals surface area (Å²) in [6.07, 6.45) is -3.71. The van der Waals surface area contributed by atoms with E-state index in [0.717, 1.165) is 4.57 Å². The van der Waals surface area contributed by atoms with Crippen LogP contribution in [-0.4, -0.2) is 50.8 Å². The minimum absolute atomic E-state index is 0.0217. The monoisotopic (exact) mass is 342 g/mol. The zero-order valence-corrected chi connectivity index (χ0v) is 13.9. The maximum Gasteiger partial charge on any atom is 0.351 e. The van der Waals surface area contributed by atoms with Crippen molar-refractivity contribution in [3.05, 3.63) is 22.2 Å². The fraction of sp³-hybridized carbons (Fsp3) is 0.600. The van der Waals surface area contributed by atoms with Gasteiger partial charge in [0.25, 0.3) is 0 Å². The molecule has 1 aliphatic rings. The summed E-state index contributed by atoms with van der Waals surface area (Å²) in [6.45, 7) is 4.06. The molecule has 2 heterocycles. The average molecular weight is 342 g/mol. The van der Waals surface area contributed by atoms with Crippen LogP contribution in [0.2, 0.25) is 0 Å². The molecule has 0 spiro atoms. The van der Waals surface area contributed by atoms with Crippen LogP contribution < -0.4 is 17.2 Å². The number of aromatic nitrogens is 2. The summed E-state index contributed by atoms with van der Waals surface area (Å²) in [5.74, 6) is 4.54. The number of nitrogens with two attached hydrogens (primary N) is 2. The van der Waals surface area contributed by atoms with Gasteiger partial charge in [-0.2, -0.15) is 4.98 Å². The summed E-state index contributed by atoms with van der Waals surface area (Å²) >= 11 is 0. The van der Waals surface area contributed by atoms with Gasteiger partial charge in [0.2, 0.25) is 0 Å². The first-order chi connectivity index (χ1) is 11.3. The van der Waals surface area contributed by atoms with E-state index in [2.05, 4.69) is 16.8 Å². The smallest absolute Gasteiger partial charge is 0.351 e. The highest BCUT2D eigenvalue weighted by Gasteiger charge is 2.54. The molecule has 2 rings (SSSR count). The largest absolute Gasteiger partial charge is 0.394 e. The van der Waals surface area contributed by atoms with E-state index in [1.807, 2.05) is 13.8 Å². The molecule has 0 aliphatic carbocycles. The number of hydrogen-bond acceptors (Lipinski definition) is 7. The lowest BCUT2D eigenvalue weighted by Gasteiger charge is -2.28. The number of nitrogens with zero attached hydrogens (tertiary/aromatic N) is 2. The van der Waals surface area contributed by atoms with Crippen molar-refractivity contribution < 1.29 is 19.3 Å². The van der Waals surface area contributed by atoms with Crippen molar-refractivity contribution >= 4 is 5.82 Å². The molecule has 1 fully saturated rings. The van der Waals surface area contributed by atoms with Gasteiger partial charge >= 0.3 is 5.69 Å². The third-order valence-electron chi connectivity index (χ3n) is 3.51. The Morgan fingerprint density at radius 2 is 2.17 bits per heavy atom.